The average molecular weight is 531 g/mol. The van der Waals surface area contributed by atoms with Crippen molar-refractivity contribution in [2.24, 2.45) is 0 Å². The highest BCUT2D eigenvalue weighted by Gasteiger charge is 2.26. The van der Waals surface area contributed by atoms with Crippen LogP contribution >= 0.6 is 11.3 Å². The van der Waals surface area contributed by atoms with Crippen LogP contribution in [0, 0.1) is 0 Å². The van der Waals surface area contributed by atoms with Gasteiger partial charge in [-0.2, -0.15) is 0 Å². The third-order valence-electron chi connectivity index (χ3n) is 6.62. The number of aromatic nitrogens is 5. The Balaban J connectivity index is 1.47. The molecule has 0 saturated carbocycles. The molecule has 0 bridgehead atoms. The Morgan fingerprint density at radius 2 is 1.82 bits per heavy atom. The number of aromatic amines is 1. The molecule has 0 saturated heterocycles. The van der Waals surface area contributed by atoms with Crippen molar-refractivity contribution < 1.29 is 9.47 Å². The van der Waals surface area contributed by atoms with Crippen LogP contribution in [-0.2, 0) is 19.6 Å². The maximum absolute atomic E-state index is 13.2. The van der Waals surface area contributed by atoms with Crippen LogP contribution in [-0.4, -0.2) is 44.3 Å². The van der Waals surface area contributed by atoms with Gasteiger partial charge in [0.15, 0.2) is 5.82 Å². The van der Waals surface area contributed by atoms with Crippen LogP contribution in [0.4, 0.5) is 0 Å². The summed E-state index contributed by atoms with van der Waals surface area (Å²) in [6.45, 7) is 3.78. The molecule has 2 aromatic carbocycles. The summed E-state index contributed by atoms with van der Waals surface area (Å²) in [5.41, 5.74) is 2.39. The molecule has 0 spiro atoms. The zero-order chi connectivity index (χ0) is 26.5. The highest BCUT2D eigenvalue weighted by atomic mass is 32.1. The maximum Gasteiger partial charge on any atom is 0.252 e. The largest absolute Gasteiger partial charge is 0.497 e. The van der Waals surface area contributed by atoms with Crippen molar-refractivity contribution in [2.45, 2.75) is 39.0 Å². The minimum Gasteiger partial charge on any atom is -0.497 e. The number of benzene rings is 2. The lowest BCUT2D eigenvalue weighted by molar-refractivity contribution is 0.163. The van der Waals surface area contributed by atoms with E-state index in [2.05, 4.69) is 43.8 Å². The fraction of sp³-hybridized carbons (Fsp3) is 0.286. The molecule has 1 N–H and O–H groups in total. The van der Waals surface area contributed by atoms with Gasteiger partial charge < -0.3 is 14.5 Å². The highest BCUT2D eigenvalue weighted by Crippen LogP contribution is 2.28. The Hall–Kier alpha value is -4.02. The van der Waals surface area contributed by atoms with E-state index >= 15 is 0 Å². The van der Waals surface area contributed by atoms with Crippen LogP contribution in [0.15, 0.2) is 70.8 Å². The van der Waals surface area contributed by atoms with Gasteiger partial charge in [-0.3, -0.25) is 9.69 Å². The fourth-order valence-corrected chi connectivity index (χ4v) is 5.37. The van der Waals surface area contributed by atoms with Gasteiger partial charge in [0.25, 0.3) is 5.56 Å². The van der Waals surface area contributed by atoms with Crippen LogP contribution in [0.5, 0.6) is 11.5 Å². The number of pyridine rings is 1. The second kappa shape index (κ2) is 11.6. The molecule has 0 aliphatic carbocycles. The predicted molar refractivity (Wildman–Crippen MR) is 148 cm³/mol. The first-order valence-electron chi connectivity index (χ1n) is 12.4. The molecule has 0 aliphatic heterocycles. The van der Waals surface area contributed by atoms with Crippen LogP contribution in [0.1, 0.15) is 41.2 Å². The molecule has 5 aromatic rings. The van der Waals surface area contributed by atoms with E-state index in [0.29, 0.717) is 30.9 Å². The summed E-state index contributed by atoms with van der Waals surface area (Å²) in [5, 5.41) is 15.8. The number of thiophene rings is 1. The number of methoxy groups -OCH3 is 2. The van der Waals surface area contributed by atoms with E-state index in [0.717, 1.165) is 34.5 Å². The molecule has 1 atom stereocenters. The smallest absolute Gasteiger partial charge is 0.252 e. The molecule has 0 amide bonds. The molecule has 0 radical (unpaired) electrons. The third-order valence-corrected chi connectivity index (χ3v) is 7.48. The van der Waals surface area contributed by atoms with E-state index in [4.69, 9.17) is 9.47 Å². The van der Waals surface area contributed by atoms with Crippen LogP contribution < -0.4 is 15.0 Å². The number of tetrazole rings is 1. The van der Waals surface area contributed by atoms with Gasteiger partial charge in [-0.1, -0.05) is 25.1 Å². The summed E-state index contributed by atoms with van der Waals surface area (Å²) in [6, 6.07) is 19.6. The molecule has 10 heteroatoms. The number of rotatable bonds is 11. The Bertz CT molecular complexity index is 1550. The van der Waals surface area contributed by atoms with Crippen LogP contribution in [0.2, 0.25) is 0 Å². The average Bonchev–Trinajstić information content (AvgIpc) is 3.62. The van der Waals surface area contributed by atoms with Crippen molar-refractivity contribution in [3.63, 3.8) is 0 Å². The van der Waals surface area contributed by atoms with E-state index in [1.807, 2.05) is 59.3 Å². The van der Waals surface area contributed by atoms with Gasteiger partial charge >= 0.3 is 0 Å². The van der Waals surface area contributed by atoms with Crippen molar-refractivity contribution in [3.8, 4) is 11.5 Å². The lowest BCUT2D eigenvalue weighted by atomic mass is 10.1. The van der Waals surface area contributed by atoms with Gasteiger partial charge in [-0.05, 0) is 69.6 Å². The standard InChI is InChI=1S/C28H30N6O3S/c1-4-26(27-30-31-32-34(27)16-19-7-10-22(36-2)11-8-19)33(18-24-6-5-13-38-24)17-21-14-20-9-12-23(37-3)15-25(20)29-28(21)35/h5-15,26H,4,16-18H2,1-3H3,(H,29,35)/t26-/m0/s1. The monoisotopic (exact) mass is 530 g/mol. The summed E-state index contributed by atoms with van der Waals surface area (Å²) in [7, 11) is 3.27. The van der Waals surface area contributed by atoms with Gasteiger partial charge in [-0.15, -0.1) is 16.4 Å². The maximum atomic E-state index is 13.2. The molecule has 0 unspecified atom stereocenters. The molecular formula is C28H30N6O3S. The van der Waals surface area contributed by atoms with Crippen molar-refractivity contribution in [1.82, 2.24) is 30.1 Å². The van der Waals surface area contributed by atoms with Gasteiger partial charge in [0.2, 0.25) is 0 Å². The van der Waals surface area contributed by atoms with E-state index in [1.165, 1.54) is 4.88 Å². The number of H-pyrrole nitrogens is 1. The van der Waals surface area contributed by atoms with Crippen molar-refractivity contribution in [2.75, 3.05) is 14.2 Å². The van der Waals surface area contributed by atoms with Crippen LogP contribution in [0.25, 0.3) is 10.9 Å². The quantitative estimate of drug-likeness (QED) is 0.262. The first-order valence-corrected chi connectivity index (χ1v) is 13.3. The van der Waals surface area contributed by atoms with Gasteiger partial charge in [-0.25, -0.2) is 4.68 Å². The molecule has 38 heavy (non-hydrogen) atoms. The van der Waals surface area contributed by atoms with E-state index < -0.39 is 0 Å². The van der Waals surface area contributed by atoms with E-state index in [1.54, 1.807) is 25.6 Å². The van der Waals surface area contributed by atoms with Crippen molar-refractivity contribution in [3.05, 3.63) is 98.2 Å². The Kier molecular flexibility index (Phi) is 7.81. The zero-order valence-corrected chi connectivity index (χ0v) is 22.4. The zero-order valence-electron chi connectivity index (χ0n) is 21.6. The van der Waals surface area contributed by atoms with E-state index in [-0.39, 0.29) is 11.6 Å². The van der Waals surface area contributed by atoms with Crippen molar-refractivity contribution in [1.29, 1.82) is 0 Å². The first-order chi connectivity index (χ1) is 18.6. The molecule has 196 valence electrons. The molecule has 9 nitrogen and oxygen atoms in total. The SMILES string of the molecule is CC[C@@H](c1nnnn1Cc1ccc(OC)cc1)N(Cc1cccs1)Cc1cc2ccc(OC)cc2[nH]c1=O. The summed E-state index contributed by atoms with van der Waals surface area (Å²) in [4.78, 5) is 19.7. The number of ether oxygens (including phenoxy) is 2. The Morgan fingerprint density at radius 1 is 1.03 bits per heavy atom. The molecule has 5 rings (SSSR count). The minimum atomic E-state index is -0.116. The van der Waals surface area contributed by atoms with E-state index in [9.17, 15) is 4.79 Å². The number of hydrogen-bond donors (Lipinski definition) is 1. The van der Waals surface area contributed by atoms with Crippen molar-refractivity contribution >= 4 is 22.2 Å². The second-order valence-corrected chi connectivity index (χ2v) is 10.1. The second-order valence-electron chi connectivity index (χ2n) is 9.03. The van der Waals surface area contributed by atoms with Gasteiger partial charge in [0, 0.05) is 29.6 Å². The summed E-state index contributed by atoms with van der Waals surface area (Å²) >= 11 is 1.70. The summed E-state index contributed by atoms with van der Waals surface area (Å²) in [6.07, 6.45) is 0.775. The predicted octanol–water partition coefficient (Wildman–Crippen LogP) is 4.80. The molecule has 3 aromatic heterocycles. The fourth-order valence-electron chi connectivity index (χ4n) is 4.64. The lowest BCUT2D eigenvalue weighted by Crippen LogP contribution is -2.32. The summed E-state index contributed by atoms with van der Waals surface area (Å²) < 4.78 is 12.4. The number of hydrogen-bond acceptors (Lipinski definition) is 8. The Labute approximate surface area is 224 Å². The molecule has 0 aliphatic rings. The lowest BCUT2D eigenvalue weighted by Gasteiger charge is -2.30. The molecular weight excluding hydrogens is 500 g/mol. The topological polar surface area (TPSA) is 98.2 Å². The van der Waals surface area contributed by atoms with Gasteiger partial charge in [0.05, 0.1) is 32.3 Å². The highest BCUT2D eigenvalue weighted by molar-refractivity contribution is 7.09. The van der Waals surface area contributed by atoms with Gasteiger partial charge in [0.1, 0.15) is 11.5 Å². The third kappa shape index (κ3) is 5.61. The Morgan fingerprint density at radius 3 is 2.53 bits per heavy atom. The van der Waals surface area contributed by atoms with Crippen LogP contribution in [0.3, 0.4) is 0 Å². The number of nitrogens with zero attached hydrogens (tertiary/aromatic N) is 5. The molecule has 3 heterocycles. The minimum absolute atomic E-state index is 0.101. The normalized spacial score (nSPS) is 12.2. The number of fused-ring (bicyclic) bond motifs is 1. The number of nitrogens with one attached hydrogen (secondary N) is 1. The summed E-state index contributed by atoms with van der Waals surface area (Å²) in [5.74, 6) is 2.27. The molecule has 0 fully saturated rings. The first kappa shape index (κ1) is 25.6.